The molecule has 1 N–H and O–H groups in total. The molecule has 1 aromatic rings. The Balaban J connectivity index is 2.20. The van der Waals surface area contributed by atoms with Crippen molar-refractivity contribution in [3.8, 4) is 0 Å². The van der Waals surface area contributed by atoms with E-state index in [9.17, 15) is 9.59 Å². The molecule has 0 radical (unpaired) electrons. The van der Waals surface area contributed by atoms with Gasteiger partial charge in [0.05, 0.1) is 11.7 Å². The molecule has 25 heavy (non-hydrogen) atoms. The van der Waals surface area contributed by atoms with Crippen molar-refractivity contribution in [1.29, 1.82) is 0 Å². The fourth-order valence-electron chi connectivity index (χ4n) is 3.65. The van der Waals surface area contributed by atoms with Gasteiger partial charge < -0.3 is 10.2 Å². The van der Waals surface area contributed by atoms with Crippen LogP contribution < -0.4 is 5.32 Å². The van der Waals surface area contributed by atoms with E-state index in [4.69, 9.17) is 0 Å². The molecule has 2 atom stereocenters. The minimum Gasteiger partial charge on any atom is -0.351 e. The Kier molecular flexibility index (Phi) is 6.25. The van der Waals surface area contributed by atoms with Gasteiger partial charge in [0, 0.05) is 32.5 Å². The summed E-state index contributed by atoms with van der Waals surface area (Å²) in [4.78, 5) is 26.4. The molecule has 2 amide bonds. The number of aryl methyl sites for hydroxylation is 1. The van der Waals surface area contributed by atoms with Gasteiger partial charge in [0.15, 0.2) is 0 Å². The van der Waals surface area contributed by atoms with E-state index in [-0.39, 0.29) is 23.8 Å². The number of hydrogen-bond acceptors (Lipinski definition) is 3. The lowest BCUT2D eigenvalue weighted by Crippen LogP contribution is -2.41. The van der Waals surface area contributed by atoms with Crippen molar-refractivity contribution in [3.05, 3.63) is 17.5 Å². The number of carbonyl (C=O) groups excluding carboxylic acids is 2. The van der Waals surface area contributed by atoms with Gasteiger partial charge in [-0.15, -0.1) is 0 Å². The monoisotopic (exact) mass is 348 g/mol. The summed E-state index contributed by atoms with van der Waals surface area (Å²) < 4.78 is 1.80. The van der Waals surface area contributed by atoms with Crippen molar-refractivity contribution in [2.24, 2.45) is 17.8 Å². The van der Waals surface area contributed by atoms with Crippen LogP contribution in [0.4, 0.5) is 0 Å². The zero-order valence-electron chi connectivity index (χ0n) is 16.4. The van der Waals surface area contributed by atoms with Crippen LogP contribution in [0.15, 0.2) is 6.07 Å². The number of carbonyl (C=O) groups is 2. The van der Waals surface area contributed by atoms with E-state index in [1.54, 1.807) is 4.68 Å². The summed E-state index contributed by atoms with van der Waals surface area (Å²) >= 11 is 0. The Bertz CT molecular complexity index is 621. The number of likely N-dealkylation sites (tertiary alicyclic amines) is 1. The van der Waals surface area contributed by atoms with Crippen LogP contribution in [-0.4, -0.2) is 45.6 Å². The maximum absolute atomic E-state index is 13.1. The first-order chi connectivity index (χ1) is 11.7. The van der Waals surface area contributed by atoms with Crippen LogP contribution in [0.5, 0.6) is 0 Å². The van der Waals surface area contributed by atoms with E-state index >= 15 is 0 Å². The second kappa shape index (κ2) is 8.02. The molecule has 140 valence electrons. The highest BCUT2D eigenvalue weighted by Gasteiger charge is 2.38. The van der Waals surface area contributed by atoms with E-state index < -0.39 is 0 Å². The molecule has 2 rings (SSSR count). The number of nitrogens with zero attached hydrogens (tertiary/aromatic N) is 3. The van der Waals surface area contributed by atoms with E-state index in [1.165, 1.54) is 6.92 Å². The first-order valence-electron chi connectivity index (χ1n) is 9.36. The molecule has 1 aromatic heterocycles. The minimum atomic E-state index is -0.0391. The molecule has 1 saturated heterocycles. The molecule has 1 aliphatic rings. The Morgan fingerprint density at radius 2 is 1.96 bits per heavy atom. The summed E-state index contributed by atoms with van der Waals surface area (Å²) in [7, 11) is 0. The fourth-order valence-corrected chi connectivity index (χ4v) is 3.65. The smallest absolute Gasteiger partial charge is 0.272 e. The standard InChI is InChI=1S/C19H32N4O2/c1-7-23-18(9-15(21-23)8-12(2)3)19(25)22-10-16(13(4)5)17(11-22)20-14(6)24/h9,12-13,16-17H,7-8,10-11H2,1-6H3,(H,20,24)/t16-,17+/m0/s1. The first-order valence-corrected chi connectivity index (χ1v) is 9.36. The molecule has 6 nitrogen and oxygen atoms in total. The maximum Gasteiger partial charge on any atom is 0.272 e. The quantitative estimate of drug-likeness (QED) is 0.858. The van der Waals surface area contributed by atoms with Crippen LogP contribution in [0.25, 0.3) is 0 Å². The van der Waals surface area contributed by atoms with Gasteiger partial charge in [0.25, 0.3) is 5.91 Å². The lowest BCUT2D eigenvalue weighted by Gasteiger charge is -2.21. The van der Waals surface area contributed by atoms with Crippen molar-refractivity contribution in [2.75, 3.05) is 13.1 Å². The zero-order valence-corrected chi connectivity index (χ0v) is 16.4. The molecule has 0 aromatic carbocycles. The largest absolute Gasteiger partial charge is 0.351 e. The van der Waals surface area contributed by atoms with Gasteiger partial charge in [0.1, 0.15) is 5.69 Å². The topological polar surface area (TPSA) is 67.2 Å². The van der Waals surface area contributed by atoms with Gasteiger partial charge in [-0.3, -0.25) is 14.3 Å². The van der Waals surface area contributed by atoms with E-state index in [0.717, 1.165) is 12.1 Å². The highest BCUT2D eigenvalue weighted by Crippen LogP contribution is 2.26. The molecule has 6 heteroatoms. The summed E-state index contributed by atoms with van der Waals surface area (Å²) in [5, 5.41) is 7.60. The molecule has 0 aliphatic carbocycles. The molecule has 2 heterocycles. The second-order valence-corrected chi connectivity index (χ2v) is 7.86. The van der Waals surface area contributed by atoms with Gasteiger partial charge in [-0.25, -0.2) is 0 Å². The Hall–Kier alpha value is -1.85. The third-order valence-corrected chi connectivity index (χ3v) is 4.86. The highest BCUT2D eigenvalue weighted by molar-refractivity contribution is 5.93. The summed E-state index contributed by atoms with van der Waals surface area (Å²) in [5.41, 5.74) is 1.63. The highest BCUT2D eigenvalue weighted by atomic mass is 16.2. The van der Waals surface area contributed by atoms with Gasteiger partial charge in [-0.1, -0.05) is 27.7 Å². The second-order valence-electron chi connectivity index (χ2n) is 7.86. The van der Waals surface area contributed by atoms with Crippen molar-refractivity contribution in [3.63, 3.8) is 0 Å². The lowest BCUT2D eigenvalue weighted by atomic mass is 9.91. The Labute approximate surface area is 151 Å². The number of rotatable bonds is 6. The van der Waals surface area contributed by atoms with E-state index in [2.05, 4.69) is 38.1 Å². The fraction of sp³-hybridized carbons (Fsp3) is 0.737. The van der Waals surface area contributed by atoms with Gasteiger partial charge in [-0.05, 0) is 31.2 Å². The third kappa shape index (κ3) is 4.61. The summed E-state index contributed by atoms with van der Waals surface area (Å²) in [5.74, 6) is 1.17. The molecule has 0 unspecified atom stereocenters. The van der Waals surface area contributed by atoms with Crippen molar-refractivity contribution in [1.82, 2.24) is 20.0 Å². The average molecular weight is 348 g/mol. The predicted octanol–water partition coefficient (Wildman–Crippen LogP) is 2.33. The Morgan fingerprint density at radius 1 is 1.28 bits per heavy atom. The van der Waals surface area contributed by atoms with Crippen molar-refractivity contribution in [2.45, 2.75) is 60.5 Å². The molecule has 0 spiro atoms. The number of aromatic nitrogens is 2. The molecular weight excluding hydrogens is 316 g/mol. The normalized spacial score (nSPS) is 20.6. The van der Waals surface area contributed by atoms with E-state index in [1.807, 2.05) is 17.9 Å². The summed E-state index contributed by atoms with van der Waals surface area (Å²) in [6, 6.07) is 1.96. The van der Waals surface area contributed by atoms with Crippen LogP contribution in [-0.2, 0) is 17.8 Å². The average Bonchev–Trinajstić information content (AvgIpc) is 3.09. The predicted molar refractivity (Wildman–Crippen MR) is 98.3 cm³/mol. The number of amides is 2. The van der Waals surface area contributed by atoms with Crippen LogP contribution in [0.2, 0.25) is 0 Å². The first kappa shape index (κ1) is 19.5. The molecular formula is C19H32N4O2. The number of nitrogens with one attached hydrogen (secondary N) is 1. The Morgan fingerprint density at radius 3 is 2.48 bits per heavy atom. The third-order valence-electron chi connectivity index (χ3n) is 4.86. The molecule has 1 fully saturated rings. The van der Waals surface area contributed by atoms with Crippen LogP contribution >= 0.6 is 0 Å². The van der Waals surface area contributed by atoms with Gasteiger partial charge in [0.2, 0.25) is 5.91 Å². The SMILES string of the molecule is CCn1nc(CC(C)C)cc1C(=O)N1C[C@@H](NC(C)=O)[C@H](C(C)C)C1. The van der Waals surface area contributed by atoms with Crippen molar-refractivity contribution >= 4 is 11.8 Å². The minimum absolute atomic E-state index is 0.0165. The summed E-state index contributed by atoms with van der Waals surface area (Å²) in [6.45, 7) is 14.0. The van der Waals surface area contributed by atoms with Crippen LogP contribution in [0.3, 0.4) is 0 Å². The van der Waals surface area contributed by atoms with Gasteiger partial charge >= 0.3 is 0 Å². The molecule has 1 aliphatic heterocycles. The van der Waals surface area contributed by atoms with E-state index in [0.29, 0.717) is 37.2 Å². The van der Waals surface area contributed by atoms with Crippen LogP contribution in [0.1, 0.15) is 57.7 Å². The summed E-state index contributed by atoms with van der Waals surface area (Å²) in [6.07, 6.45) is 0.871. The lowest BCUT2D eigenvalue weighted by molar-refractivity contribution is -0.119. The molecule has 0 saturated carbocycles. The van der Waals surface area contributed by atoms with Crippen molar-refractivity contribution < 1.29 is 9.59 Å². The number of hydrogen-bond donors (Lipinski definition) is 1. The van der Waals surface area contributed by atoms with Gasteiger partial charge in [-0.2, -0.15) is 5.10 Å². The zero-order chi connectivity index (χ0) is 18.7. The maximum atomic E-state index is 13.1. The molecule has 0 bridgehead atoms. The van der Waals surface area contributed by atoms with Crippen LogP contribution in [0, 0.1) is 17.8 Å².